The van der Waals surface area contributed by atoms with Crippen molar-refractivity contribution in [2.45, 2.75) is 25.8 Å². The topological polar surface area (TPSA) is 96.8 Å². The van der Waals surface area contributed by atoms with Gasteiger partial charge in [0.05, 0.1) is 11.3 Å². The van der Waals surface area contributed by atoms with Crippen LogP contribution in [-0.4, -0.2) is 21.4 Å². The maximum atomic E-state index is 12.3. The van der Waals surface area contributed by atoms with E-state index in [0.717, 1.165) is 28.7 Å². The maximum Gasteiger partial charge on any atom is 0.238 e. The predicted molar refractivity (Wildman–Crippen MR) is 89.3 cm³/mol. The minimum atomic E-state index is -0.658. The van der Waals surface area contributed by atoms with E-state index in [2.05, 4.69) is 26.3 Å². The van der Waals surface area contributed by atoms with Gasteiger partial charge < -0.3 is 16.5 Å². The highest BCUT2D eigenvalue weighted by Crippen LogP contribution is 2.37. The number of rotatable bonds is 4. The highest BCUT2D eigenvalue weighted by Gasteiger charge is 2.35. The molecule has 0 bridgehead atoms. The quantitative estimate of drug-likeness (QED) is 0.730. The Morgan fingerprint density at radius 2 is 2.32 bits per heavy atom. The van der Waals surface area contributed by atoms with E-state index in [1.165, 1.54) is 0 Å². The molecule has 2 heterocycles. The first-order valence-electron chi connectivity index (χ1n) is 7.03. The summed E-state index contributed by atoms with van der Waals surface area (Å²) in [4.78, 5) is 12.3. The third-order valence-electron chi connectivity index (χ3n) is 3.67. The normalized spacial score (nSPS) is 16.5. The van der Waals surface area contributed by atoms with Crippen LogP contribution in [0.25, 0.3) is 0 Å². The summed E-state index contributed by atoms with van der Waals surface area (Å²) in [5, 5.41) is 15.4. The SMILES string of the molecule is CCCn1cc(C(=N)C2C(=O)Nc3ccc(Br)cc32)c(N)n1. The number of benzene rings is 1. The lowest BCUT2D eigenvalue weighted by Gasteiger charge is -2.10. The third-order valence-corrected chi connectivity index (χ3v) is 4.16. The monoisotopic (exact) mass is 361 g/mol. The molecular formula is C15H16BrN5O. The molecule has 1 atom stereocenters. The molecule has 1 unspecified atom stereocenters. The van der Waals surface area contributed by atoms with Crippen LogP contribution in [-0.2, 0) is 11.3 Å². The van der Waals surface area contributed by atoms with E-state index in [1.807, 2.05) is 25.1 Å². The van der Waals surface area contributed by atoms with Crippen molar-refractivity contribution in [2.75, 3.05) is 11.1 Å². The van der Waals surface area contributed by atoms with E-state index in [1.54, 1.807) is 10.9 Å². The number of nitrogens with zero attached hydrogens (tertiary/aromatic N) is 2. The molecule has 3 rings (SSSR count). The third kappa shape index (κ3) is 2.41. The molecule has 1 aliphatic rings. The molecule has 0 aliphatic carbocycles. The number of fused-ring (bicyclic) bond motifs is 1. The van der Waals surface area contributed by atoms with Crippen LogP contribution in [0.5, 0.6) is 0 Å². The highest BCUT2D eigenvalue weighted by atomic mass is 79.9. The summed E-state index contributed by atoms with van der Waals surface area (Å²) in [5.74, 6) is -0.579. The zero-order valence-corrected chi connectivity index (χ0v) is 13.6. The predicted octanol–water partition coefficient (Wildman–Crippen LogP) is 2.74. The lowest BCUT2D eigenvalue weighted by Crippen LogP contribution is -2.21. The fraction of sp³-hybridized carbons (Fsp3) is 0.267. The van der Waals surface area contributed by atoms with Gasteiger partial charge in [-0.2, -0.15) is 5.10 Å². The van der Waals surface area contributed by atoms with E-state index in [9.17, 15) is 4.79 Å². The fourth-order valence-electron chi connectivity index (χ4n) is 2.66. The van der Waals surface area contributed by atoms with E-state index < -0.39 is 5.92 Å². The van der Waals surface area contributed by atoms with Crippen molar-refractivity contribution in [1.82, 2.24) is 9.78 Å². The van der Waals surface area contributed by atoms with E-state index in [0.29, 0.717) is 5.56 Å². The first kappa shape index (κ1) is 14.8. The molecule has 1 aliphatic heterocycles. The van der Waals surface area contributed by atoms with E-state index in [4.69, 9.17) is 11.1 Å². The average Bonchev–Trinajstić information content (AvgIpc) is 2.98. The molecule has 114 valence electrons. The molecule has 0 fully saturated rings. The molecule has 2 aromatic rings. The Labute approximate surface area is 136 Å². The summed E-state index contributed by atoms with van der Waals surface area (Å²) >= 11 is 3.41. The molecule has 1 aromatic carbocycles. The van der Waals surface area contributed by atoms with Crippen LogP contribution in [0, 0.1) is 5.41 Å². The lowest BCUT2D eigenvalue weighted by molar-refractivity contribution is -0.115. The van der Waals surface area contributed by atoms with Gasteiger partial charge in [-0.15, -0.1) is 0 Å². The summed E-state index contributed by atoms with van der Waals surface area (Å²) in [6.07, 6.45) is 2.66. The Hall–Kier alpha value is -2.15. The molecule has 0 saturated heterocycles. The number of hydrogen-bond acceptors (Lipinski definition) is 4. The largest absolute Gasteiger partial charge is 0.382 e. The van der Waals surface area contributed by atoms with Crippen LogP contribution < -0.4 is 11.1 Å². The first-order valence-corrected chi connectivity index (χ1v) is 7.82. The van der Waals surface area contributed by atoms with Crippen molar-refractivity contribution in [2.24, 2.45) is 0 Å². The Morgan fingerprint density at radius 3 is 3.05 bits per heavy atom. The van der Waals surface area contributed by atoms with Crippen molar-refractivity contribution in [3.05, 3.63) is 40.0 Å². The molecule has 6 nitrogen and oxygen atoms in total. The second kappa shape index (κ2) is 5.57. The number of hydrogen-bond donors (Lipinski definition) is 3. The van der Waals surface area contributed by atoms with Crippen molar-refractivity contribution < 1.29 is 4.79 Å². The number of anilines is 2. The Balaban J connectivity index is 1.99. The van der Waals surface area contributed by atoms with Gasteiger partial charge in [0.25, 0.3) is 0 Å². The second-order valence-corrected chi connectivity index (χ2v) is 6.17. The van der Waals surface area contributed by atoms with Gasteiger partial charge in [-0.1, -0.05) is 22.9 Å². The highest BCUT2D eigenvalue weighted by molar-refractivity contribution is 9.10. The number of nitrogens with one attached hydrogen (secondary N) is 2. The minimum Gasteiger partial charge on any atom is -0.382 e. The lowest BCUT2D eigenvalue weighted by atomic mass is 9.92. The van der Waals surface area contributed by atoms with Gasteiger partial charge in [0.2, 0.25) is 5.91 Å². The molecule has 0 saturated carbocycles. The van der Waals surface area contributed by atoms with Crippen LogP contribution in [0.15, 0.2) is 28.9 Å². The number of carbonyl (C=O) groups excluding carboxylic acids is 1. The maximum absolute atomic E-state index is 12.3. The number of carbonyl (C=O) groups is 1. The molecule has 1 aromatic heterocycles. The molecule has 7 heteroatoms. The van der Waals surface area contributed by atoms with Crippen LogP contribution in [0.1, 0.15) is 30.4 Å². The summed E-state index contributed by atoms with van der Waals surface area (Å²) in [6.45, 7) is 2.78. The first-order chi connectivity index (χ1) is 10.5. The van der Waals surface area contributed by atoms with Gasteiger partial charge in [-0.25, -0.2) is 0 Å². The number of nitrogens with two attached hydrogens (primary N) is 1. The summed E-state index contributed by atoms with van der Waals surface area (Å²) in [6, 6.07) is 5.55. The van der Waals surface area contributed by atoms with Gasteiger partial charge in [0.15, 0.2) is 5.82 Å². The Morgan fingerprint density at radius 1 is 1.55 bits per heavy atom. The fourth-order valence-corrected chi connectivity index (χ4v) is 3.04. The zero-order valence-electron chi connectivity index (χ0n) is 12.1. The minimum absolute atomic E-state index is 0.175. The van der Waals surface area contributed by atoms with Crippen molar-refractivity contribution >= 4 is 39.1 Å². The molecule has 22 heavy (non-hydrogen) atoms. The van der Waals surface area contributed by atoms with E-state index in [-0.39, 0.29) is 17.4 Å². The molecular weight excluding hydrogens is 346 g/mol. The van der Waals surface area contributed by atoms with Gasteiger partial charge in [0.1, 0.15) is 5.92 Å². The van der Waals surface area contributed by atoms with Crippen molar-refractivity contribution in [3.63, 3.8) is 0 Å². The molecule has 1 amide bonds. The van der Waals surface area contributed by atoms with Gasteiger partial charge in [-0.3, -0.25) is 9.48 Å². The smallest absolute Gasteiger partial charge is 0.238 e. The van der Waals surface area contributed by atoms with Crippen LogP contribution >= 0.6 is 15.9 Å². The molecule has 0 radical (unpaired) electrons. The summed E-state index contributed by atoms with van der Waals surface area (Å²) < 4.78 is 2.59. The number of halogens is 1. The number of aromatic nitrogens is 2. The van der Waals surface area contributed by atoms with Crippen molar-refractivity contribution in [1.29, 1.82) is 5.41 Å². The molecule has 4 N–H and O–H groups in total. The van der Waals surface area contributed by atoms with Crippen LogP contribution in [0.2, 0.25) is 0 Å². The van der Waals surface area contributed by atoms with Crippen molar-refractivity contribution in [3.8, 4) is 0 Å². The summed E-state index contributed by atoms with van der Waals surface area (Å²) in [7, 11) is 0. The Kier molecular flexibility index (Phi) is 3.74. The average molecular weight is 362 g/mol. The second-order valence-electron chi connectivity index (χ2n) is 5.26. The zero-order chi connectivity index (χ0) is 15.9. The number of nitrogen functional groups attached to an aromatic ring is 1. The standard InChI is InChI=1S/C15H16BrN5O/c1-2-5-21-7-10(14(18)20-21)13(17)12-9-6-8(16)3-4-11(9)19-15(12)22/h3-4,6-7,12,17H,2,5H2,1H3,(H2,18,20)(H,19,22). The van der Waals surface area contributed by atoms with Gasteiger partial charge >= 0.3 is 0 Å². The van der Waals surface area contributed by atoms with Crippen LogP contribution in [0.4, 0.5) is 11.5 Å². The van der Waals surface area contributed by atoms with Gasteiger partial charge in [0, 0.05) is 22.9 Å². The van der Waals surface area contributed by atoms with E-state index >= 15 is 0 Å². The molecule has 0 spiro atoms. The van der Waals surface area contributed by atoms with Crippen LogP contribution in [0.3, 0.4) is 0 Å². The number of aryl methyl sites for hydroxylation is 1. The number of amides is 1. The summed E-state index contributed by atoms with van der Waals surface area (Å²) in [5.41, 5.74) is 8.13. The Bertz CT molecular complexity index is 767. The van der Waals surface area contributed by atoms with Gasteiger partial charge in [-0.05, 0) is 30.2 Å².